The molecule has 1 saturated heterocycles. The molecular formula is C16H16N2O3. The molecule has 1 aromatic carbocycles. The Labute approximate surface area is 122 Å². The summed E-state index contributed by atoms with van der Waals surface area (Å²) in [5.41, 5.74) is 1.34. The van der Waals surface area contributed by atoms with Crippen LogP contribution in [0.25, 0.3) is 0 Å². The van der Waals surface area contributed by atoms with Gasteiger partial charge in [-0.15, -0.1) is 0 Å². The van der Waals surface area contributed by atoms with Crippen LogP contribution in [-0.4, -0.2) is 23.0 Å². The molecule has 2 heterocycles. The van der Waals surface area contributed by atoms with Crippen molar-refractivity contribution in [2.75, 3.05) is 11.4 Å². The predicted molar refractivity (Wildman–Crippen MR) is 78.4 cm³/mol. The molecule has 5 heteroatoms. The molecule has 0 atom stereocenters. The van der Waals surface area contributed by atoms with Crippen molar-refractivity contribution in [2.24, 2.45) is 7.05 Å². The lowest BCUT2D eigenvalue weighted by atomic mass is 10.3. The molecule has 21 heavy (non-hydrogen) atoms. The van der Waals surface area contributed by atoms with Crippen LogP contribution in [0.5, 0.6) is 5.75 Å². The lowest BCUT2D eigenvalue weighted by Gasteiger charge is -2.15. The zero-order valence-corrected chi connectivity index (χ0v) is 11.8. The Morgan fingerprint density at radius 3 is 2.52 bits per heavy atom. The van der Waals surface area contributed by atoms with Gasteiger partial charge in [-0.3, -0.25) is 4.79 Å². The van der Waals surface area contributed by atoms with Crippen molar-refractivity contribution in [2.45, 2.75) is 12.8 Å². The Morgan fingerprint density at radius 1 is 1.19 bits per heavy atom. The molecule has 0 aliphatic carbocycles. The largest absolute Gasteiger partial charge is 0.422 e. The summed E-state index contributed by atoms with van der Waals surface area (Å²) in [5, 5.41) is 0. The van der Waals surface area contributed by atoms with Gasteiger partial charge in [0.25, 0.3) is 0 Å². The van der Waals surface area contributed by atoms with Crippen molar-refractivity contribution < 1.29 is 14.3 Å². The van der Waals surface area contributed by atoms with Crippen molar-refractivity contribution in [3.63, 3.8) is 0 Å². The Balaban J connectivity index is 1.71. The van der Waals surface area contributed by atoms with E-state index in [1.807, 2.05) is 0 Å². The fourth-order valence-electron chi connectivity index (χ4n) is 2.45. The Hall–Kier alpha value is -2.56. The Bertz CT molecular complexity index is 673. The summed E-state index contributed by atoms with van der Waals surface area (Å²) >= 11 is 0. The number of nitrogens with zero attached hydrogens (tertiary/aromatic N) is 2. The van der Waals surface area contributed by atoms with Gasteiger partial charge in [-0.2, -0.15) is 0 Å². The topological polar surface area (TPSA) is 51.5 Å². The first-order chi connectivity index (χ1) is 10.1. The summed E-state index contributed by atoms with van der Waals surface area (Å²) in [6.07, 6.45) is 3.28. The third-order valence-corrected chi connectivity index (χ3v) is 3.59. The summed E-state index contributed by atoms with van der Waals surface area (Å²) in [7, 11) is 1.79. The Kier molecular flexibility index (Phi) is 3.48. The molecule has 1 aromatic heterocycles. The van der Waals surface area contributed by atoms with Crippen LogP contribution in [-0.2, 0) is 11.8 Å². The third-order valence-electron chi connectivity index (χ3n) is 3.59. The smallest absolute Gasteiger partial charge is 0.360 e. The van der Waals surface area contributed by atoms with Gasteiger partial charge in [0.15, 0.2) is 0 Å². The first kappa shape index (κ1) is 13.4. The van der Waals surface area contributed by atoms with Gasteiger partial charge in [0.1, 0.15) is 11.4 Å². The lowest BCUT2D eigenvalue weighted by Crippen LogP contribution is -2.23. The van der Waals surface area contributed by atoms with Gasteiger partial charge in [-0.25, -0.2) is 4.79 Å². The highest BCUT2D eigenvalue weighted by molar-refractivity contribution is 5.95. The van der Waals surface area contributed by atoms with Crippen LogP contribution in [0.1, 0.15) is 23.3 Å². The van der Waals surface area contributed by atoms with Crippen LogP contribution >= 0.6 is 0 Å². The lowest BCUT2D eigenvalue weighted by molar-refractivity contribution is -0.117. The van der Waals surface area contributed by atoms with E-state index in [0.29, 0.717) is 17.9 Å². The van der Waals surface area contributed by atoms with Gasteiger partial charge < -0.3 is 14.2 Å². The second kappa shape index (κ2) is 5.44. The van der Waals surface area contributed by atoms with Crippen LogP contribution in [0.2, 0.25) is 0 Å². The molecule has 5 nitrogen and oxygen atoms in total. The van der Waals surface area contributed by atoms with Gasteiger partial charge in [0, 0.05) is 31.9 Å². The summed E-state index contributed by atoms with van der Waals surface area (Å²) in [5.74, 6) is 0.215. The molecule has 0 radical (unpaired) electrons. The number of amides is 1. The number of hydrogen-bond donors (Lipinski definition) is 0. The molecule has 0 unspecified atom stereocenters. The Morgan fingerprint density at radius 2 is 1.95 bits per heavy atom. The van der Waals surface area contributed by atoms with Crippen molar-refractivity contribution >= 4 is 17.6 Å². The first-order valence-corrected chi connectivity index (χ1v) is 6.89. The average Bonchev–Trinajstić information content (AvgIpc) is 3.08. The van der Waals surface area contributed by atoms with Crippen molar-refractivity contribution in [3.8, 4) is 5.75 Å². The zero-order valence-electron chi connectivity index (χ0n) is 11.8. The summed E-state index contributed by atoms with van der Waals surface area (Å²) < 4.78 is 7.03. The highest BCUT2D eigenvalue weighted by atomic mass is 16.5. The number of carbonyl (C=O) groups is 2. The predicted octanol–water partition coefficient (Wildman–Crippen LogP) is 2.37. The van der Waals surface area contributed by atoms with Gasteiger partial charge in [-0.1, -0.05) is 0 Å². The number of rotatable bonds is 3. The number of aromatic nitrogens is 1. The molecule has 3 rings (SSSR count). The van der Waals surface area contributed by atoms with Gasteiger partial charge in [0.05, 0.1) is 0 Å². The fraction of sp³-hybridized carbons (Fsp3) is 0.250. The van der Waals surface area contributed by atoms with Crippen molar-refractivity contribution in [1.29, 1.82) is 0 Å². The van der Waals surface area contributed by atoms with E-state index in [1.165, 1.54) is 0 Å². The number of ether oxygens (including phenoxy) is 1. The number of aryl methyl sites for hydroxylation is 1. The molecule has 2 aromatic rings. The van der Waals surface area contributed by atoms with Gasteiger partial charge >= 0.3 is 5.97 Å². The number of benzene rings is 1. The van der Waals surface area contributed by atoms with E-state index in [9.17, 15) is 9.59 Å². The monoisotopic (exact) mass is 284 g/mol. The van der Waals surface area contributed by atoms with Crippen molar-refractivity contribution in [1.82, 2.24) is 4.57 Å². The summed E-state index contributed by atoms with van der Waals surface area (Å²) in [6, 6.07) is 10.5. The molecular weight excluding hydrogens is 268 g/mol. The molecule has 1 aliphatic heterocycles. The quantitative estimate of drug-likeness (QED) is 0.642. The first-order valence-electron chi connectivity index (χ1n) is 6.89. The van der Waals surface area contributed by atoms with Gasteiger partial charge in [0.2, 0.25) is 5.91 Å². The molecule has 1 fully saturated rings. The maximum Gasteiger partial charge on any atom is 0.360 e. The number of esters is 1. The minimum atomic E-state index is -0.396. The minimum Gasteiger partial charge on any atom is -0.422 e. The van der Waals surface area contributed by atoms with E-state index in [0.717, 1.165) is 18.7 Å². The average molecular weight is 284 g/mol. The molecule has 0 N–H and O–H groups in total. The fourth-order valence-corrected chi connectivity index (χ4v) is 2.45. The highest BCUT2D eigenvalue weighted by Gasteiger charge is 2.21. The molecule has 1 aliphatic rings. The van der Waals surface area contributed by atoms with E-state index >= 15 is 0 Å². The minimum absolute atomic E-state index is 0.142. The van der Waals surface area contributed by atoms with E-state index < -0.39 is 5.97 Å². The van der Waals surface area contributed by atoms with Gasteiger partial charge in [-0.05, 0) is 42.8 Å². The summed E-state index contributed by atoms with van der Waals surface area (Å²) in [6.45, 7) is 0.751. The molecule has 0 saturated carbocycles. The highest BCUT2D eigenvalue weighted by Crippen LogP contribution is 2.24. The number of hydrogen-bond acceptors (Lipinski definition) is 3. The maximum atomic E-state index is 12.0. The standard InChI is InChI=1S/C16H16N2O3/c1-17-10-2-4-14(17)16(20)21-13-8-6-12(7-9-13)18-11-3-5-15(18)19/h2,4,6-10H,3,5,11H2,1H3. The van der Waals surface area contributed by atoms with E-state index in [4.69, 9.17) is 4.74 Å². The molecule has 0 bridgehead atoms. The molecule has 1 amide bonds. The van der Waals surface area contributed by atoms with Crippen molar-refractivity contribution in [3.05, 3.63) is 48.3 Å². The van der Waals surface area contributed by atoms with E-state index in [2.05, 4.69) is 0 Å². The zero-order chi connectivity index (χ0) is 14.8. The van der Waals surface area contributed by atoms with Crippen LogP contribution in [0, 0.1) is 0 Å². The summed E-state index contributed by atoms with van der Waals surface area (Å²) in [4.78, 5) is 25.4. The number of carbonyl (C=O) groups excluding carboxylic acids is 2. The van der Waals surface area contributed by atoms with E-state index in [1.54, 1.807) is 59.1 Å². The maximum absolute atomic E-state index is 12.0. The van der Waals surface area contributed by atoms with Crippen LogP contribution in [0.4, 0.5) is 5.69 Å². The molecule has 108 valence electrons. The second-order valence-corrected chi connectivity index (χ2v) is 5.04. The molecule has 0 spiro atoms. The SMILES string of the molecule is Cn1cccc1C(=O)Oc1ccc(N2CCCC2=O)cc1. The second-order valence-electron chi connectivity index (χ2n) is 5.04. The van der Waals surface area contributed by atoms with Crippen LogP contribution in [0.15, 0.2) is 42.6 Å². The number of anilines is 1. The normalized spacial score (nSPS) is 14.5. The third kappa shape index (κ3) is 2.67. The van der Waals surface area contributed by atoms with E-state index in [-0.39, 0.29) is 5.91 Å². The van der Waals surface area contributed by atoms with Crippen LogP contribution in [0.3, 0.4) is 0 Å². The van der Waals surface area contributed by atoms with Crippen LogP contribution < -0.4 is 9.64 Å².